The molecule has 0 aliphatic heterocycles. The maximum atomic E-state index is 9.03. The van der Waals surface area contributed by atoms with Crippen LogP contribution in [-0.2, 0) is 6.42 Å². The van der Waals surface area contributed by atoms with Gasteiger partial charge in [0.2, 0.25) is 0 Å². The number of aliphatic hydroxyl groups excluding tert-OH is 1. The van der Waals surface area contributed by atoms with Crippen LogP contribution in [0.5, 0.6) is 0 Å². The van der Waals surface area contributed by atoms with Crippen molar-refractivity contribution in [3.63, 3.8) is 0 Å². The molecule has 2 N–H and O–H groups in total. The van der Waals surface area contributed by atoms with Gasteiger partial charge >= 0.3 is 0 Å². The maximum absolute atomic E-state index is 9.03. The number of hydrogen-bond acceptors (Lipinski definition) is 2. The summed E-state index contributed by atoms with van der Waals surface area (Å²) in [7, 11) is 0. The minimum Gasteiger partial charge on any atom is -0.392 e. The van der Waals surface area contributed by atoms with Gasteiger partial charge in [-0.2, -0.15) is 0 Å². The molecule has 84 valence electrons. The van der Waals surface area contributed by atoms with Crippen molar-refractivity contribution >= 4 is 23.2 Å². The standard InChI is InChI=1S/C11H15Cl2NO/c1-8(15)7-14-5-4-9-2-3-10(12)6-11(9)13/h2-3,6,8,14-15H,4-5,7H2,1H3/t8-/m0/s1. The van der Waals surface area contributed by atoms with Crippen LogP contribution in [0.4, 0.5) is 0 Å². The molecule has 1 rings (SSSR count). The van der Waals surface area contributed by atoms with E-state index in [1.807, 2.05) is 12.1 Å². The van der Waals surface area contributed by atoms with Crippen molar-refractivity contribution in [1.29, 1.82) is 0 Å². The van der Waals surface area contributed by atoms with E-state index in [0.29, 0.717) is 16.6 Å². The Kier molecular flexibility index (Phi) is 5.40. The summed E-state index contributed by atoms with van der Waals surface area (Å²) in [6, 6.07) is 5.50. The first-order valence-electron chi connectivity index (χ1n) is 4.92. The minimum atomic E-state index is -0.314. The third-order valence-electron chi connectivity index (χ3n) is 2.03. The van der Waals surface area contributed by atoms with E-state index >= 15 is 0 Å². The molecule has 0 aliphatic carbocycles. The Morgan fingerprint density at radius 1 is 1.40 bits per heavy atom. The lowest BCUT2D eigenvalue weighted by Crippen LogP contribution is -2.26. The normalized spacial score (nSPS) is 12.8. The second-order valence-electron chi connectivity index (χ2n) is 3.54. The predicted octanol–water partition coefficient (Wildman–Crippen LogP) is 2.51. The molecule has 15 heavy (non-hydrogen) atoms. The van der Waals surface area contributed by atoms with Gasteiger partial charge in [0.25, 0.3) is 0 Å². The zero-order valence-electron chi connectivity index (χ0n) is 8.63. The zero-order valence-corrected chi connectivity index (χ0v) is 10.1. The van der Waals surface area contributed by atoms with Gasteiger partial charge in [-0.1, -0.05) is 29.3 Å². The fraction of sp³-hybridized carbons (Fsp3) is 0.455. The number of benzene rings is 1. The quantitative estimate of drug-likeness (QED) is 0.785. The highest BCUT2D eigenvalue weighted by molar-refractivity contribution is 6.35. The first-order valence-corrected chi connectivity index (χ1v) is 5.68. The zero-order chi connectivity index (χ0) is 11.3. The van der Waals surface area contributed by atoms with E-state index in [1.54, 1.807) is 13.0 Å². The van der Waals surface area contributed by atoms with Gasteiger partial charge in [-0.3, -0.25) is 0 Å². The summed E-state index contributed by atoms with van der Waals surface area (Å²) in [5, 5.41) is 13.5. The van der Waals surface area contributed by atoms with Crippen LogP contribution < -0.4 is 5.32 Å². The fourth-order valence-electron chi connectivity index (χ4n) is 1.26. The van der Waals surface area contributed by atoms with Crippen molar-refractivity contribution in [2.75, 3.05) is 13.1 Å². The molecule has 0 aliphatic rings. The number of hydrogen-bond donors (Lipinski definition) is 2. The molecule has 1 atom stereocenters. The molecule has 0 bridgehead atoms. The summed E-state index contributed by atoms with van der Waals surface area (Å²) < 4.78 is 0. The lowest BCUT2D eigenvalue weighted by Gasteiger charge is -2.08. The van der Waals surface area contributed by atoms with E-state index in [1.165, 1.54) is 0 Å². The van der Waals surface area contributed by atoms with Gasteiger partial charge < -0.3 is 10.4 Å². The van der Waals surface area contributed by atoms with Crippen LogP contribution in [0.2, 0.25) is 10.0 Å². The molecule has 0 heterocycles. The van der Waals surface area contributed by atoms with E-state index in [2.05, 4.69) is 5.32 Å². The number of rotatable bonds is 5. The average molecular weight is 248 g/mol. The minimum absolute atomic E-state index is 0.314. The molecule has 1 aromatic carbocycles. The van der Waals surface area contributed by atoms with Crippen LogP contribution in [0.15, 0.2) is 18.2 Å². The Bertz CT molecular complexity index is 315. The van der Waals surface area contributed by atoms with Crippen molar-refractivity contribution < 1.29 is 5.11 Å². The fourth-order valence-corrected chi connectivity index (χ4v) is 1.76. The van der Waals surface area contributed by atoms with Gasteiger partial charge in [0, 0.05) is 16.6 Å². The van der Waals surface area contributed by atoms with Gasteiger partial charge in [-0.05, 0) is 37.6 Å². The number of aliphatic hydroxyl groups is 1. The van der Waals surface area contributed by atoms with Crippen molar-refractivity contribution in [1.82, 2.24) is 5.32 Å². The Morgan fingerprint density at radius 3 is 2.73 bits per heavy atom. The summed E-state index contributed by atoms with van der Waals surface area (Å²) in [4.78, 5) is 0. The third-order valence-corrected chi connectivity index (χ3v) is 2.61. The highest BCUT2D eigenvalue weighted by Gasteiger charge is 2.01. The summed E-state index contributed by atoms with van der Waals surface area (Å²) in [5.74, 6) is 0. The molecular weight excluding hydrogens is 233 g/mol. The summed E-state index contributed by atoms with van der Waals surface area (Å²) in [5.41, 5.74) is 1.07. The second-order valence-corrected chi connectivity index (χ2v) is 4.38. The number of nitrogens with one attached hydrogen (secondary N) is 1. The summed E-state index contributed by atoms with van der Waals surface area (Å²) in [6.45, 7) is 3.15. The summed E-state index contributed by atoms with van der Waals surface area (Å²) in [6.07, 6.45) is 0.522. The van der Waals surface area contributed by atoms with Gasteiger partial charge in [-0.25, -0.2) is 0 Å². The predicted molar refractivity (Wildman–Crippen MR) is 64.7 cm³/mol. The lowest BCUT2D eigenvalue weighted by atomic mass is 10.1. The van der Waals surface area contributed by atoms with Crippen LogP contribution in [0.3, 0.4) is 0 Å². The van der Waals surface area contributed by atoms with Crippen molar-refractivity contribution in [3.8, 4) is 0 Å². The third kappa shape index (κ3) is 4.85. The molecule has 1 aromatic rings. The molecule has 0 amide bonds. The van der Waals surface area contributed by atoms with Crippen LogP contribution in [-0.4, -0.2) is 24.3 Å². The molecule has 0 saturated carbocycles. The van der Waals surface area contributed by atoms with E-state index in [9.17, 15) is 0 Å². The molecule has 0 saturated heterocycles. The molecule has 0 radical (unpaired) electrons. The van der Waals surface area contributed by atoms with Crippen LogP contribution >= 0.6 is 23.2 Å². The largest absolute Gasteiger partial charge is 0.392 e. The van der Waals surface area contributed by atoms with Gasteiger partial charge in [0.1, 0.15) is 0 Å². The SMILES string of the molecule is C[C@H](O)CNCCc1ccc(Cl)cc1Cl. The highest BCUT2D eigenvalue weighted by Crippen LogP contribution is 2.20. The Labute approximate surface area is 100 Å². The molecular formula is C11H15Cl2NO. The maximum Gasteiger partial charge on any atom is 0.0636 e. The molecule has 2 nitrogen and oxygen atoms in total. The molecule has 0 unspecified atom stereocenters. The van der Waals surface area contributed by atoms with Gasteiger partial charge in [0.05, 0.1) is 6.10 Å². The van der Waals surface area contributed by atoms with E-state index < -0.39 is 0 Å². The van der Waals surface area contributed by atoms with Crippen molar-refractivity contribution in [3.05, 3.63) is 33.8 Å². The monoisotopic (exact) mass is 247 g/mol. The van der Waals surface area contributed by atoms with Crippen molar-refractivity contribution in [2.45, 2.75) is 19.4 Å². The Hall–Kier alpha value is -0.280. The number of halogens is 2. The average Bonchev–Trinajstić information content (AvgIpc) is 2.14. The van der Waals surface area contributed by atoms with E-state index in [0.717, 1.165) is 18.5 Å². The highest BCUT2D eigenvalue weighted by atomic mass is 35.5. The van der Waals surface area contributed by atoms with Crippen LogP contribution in [0.1, 0.15) is 12.5 Å². The smallest absolute Gasteiger partial charge is 0.0636 e. The van der Waals surface area contributed by atoms with Gasteiger partial charge in [0.15, 0.2) is 0 Å². The van der Waals surface area contributed by atoms with Crippen LogP contribution in [0.25, 0.3) is 0 Å². The van der Waals surface area contributed by atoms with E-state index in [-0.39, 0.29) is 6.10 Å². The second kappa shape index (κ2) is 6.33. The van der Waals surface area contributed by atoms with E-state index in [4.69, 9.17) is 28.3 Å². The summed E-state index contributed by atoms with van der Waals surface area (Å²) >= 11 is 11.8. The Morgan fingerprint density at radius 2 is 2.13 bits per heavy atom. The molecule has 0 aromatic heterocycles. The topological polar surface area (TPSA) is 32.3 Å². The van der Waals surface area contributed by atoms with Crippen LogP contribution in [0, 0.1) is 0 Å². The molecule has 4 heteroatoms. The van der Waals surface area contributed by atoms with Crippen molar-refractivity contribution in [2.24, 2.45) is 0 Å². The lowest BCUT2D eigenvalue weighted by molar-refractivity contribution is 0.191. The van der Waals surface area contributed by atoms with Gasteiger partial charge in [-0.15, -0.1) is 0 Å². The first kappa shape index (κ1) is 12.8. The first-order chi connectivity index (χ1) is 7.09. The Balaban J connectivity index is 2.37. The molecule has 0 spiro atoms. The molecule has 0 fully saturated rings.